The molecule has 25 heavy (non-hydrogen) atoms. The summed E-state index contributed by atoms with van der Waals surface area (Å²) < 4.78 is 5.09. The van der Waals surface area contributed by atoms with Crippen LogP contribution in [-0.2, 0) is 9.59 Å². The molecule has 2 amide bonds. The molecule has 6 nitrogen and oxygen atoms in total. The monoisotopic (exact) mass is 377 g/mol. The standard InChI is InChI=1S/C17H16ClN3O3S/c1-2-15(22)19-11-5-7-13(18)14(10-11)20-17(25)21-16(23)8-6-12-4-3-9-24-12/h3-10H,2H2,1H3,(H,19,22)(H2,20,21,23,25)/b8-6+. The molecule has 2 aromatic rings. The molecule has 0 spiro atoms. The number of benzene rings is 1. The van der Waals surface area contributed by atoms with E-state index in [-0.39, 0.29) is 11.0 Å². The van der Waals surface area contributed by atoms with Crippen LogP contribution in [0.2, 0.25) is 5.02 Å². The van der Waals surface area contributed by atoms with Gasteiger partial charge in [0.1, 0.15) is 5.76 Å². The van der Waals surface area contributed by atoms with Gasteiger partial charge in [-0.3, -0.25) is 14.9 Å². The first-order chi connectivity index (χ1) is 12.0. The second-order valence-corrected chi connectivity index (χ2v) is 5.70. The molecule has 1 aromatic carbocycles. The second-order valence-electron chi connectivity index (χ2n) is 4.89. The summed E-state index contributed by atoms with van der Waals surface area (Å²) >= 11 is 11.2. The van der Waals surface area contributed by atoms with Crippen LogP contribution in [0.5, 0.6) is 0 Å². The van der Waals surface area contributed by atoms with Crippen LogP contribution in [0.1, 0.15) is 19.1 Å². The number of furan rings is 1. The number of nitrogens with one attached hydrogen (secondary N) is 3. The maximum absolute atomic E-state index is 11.8. The highest BCUT2D eigenvalue weighted by Crippen LogP contribution is 2.25. The Labute approximate surface area is 155 Å². The third-order valence-electron chi connectivity index (χ3n) is 3.00. The third kappa shape index (κ3) is 6.06. The van der Waals surface area contributed by atoms with Gasteiger partial charge in [0.2, 0.25) is 11.8 Å². The quantitative estimate of drug-likeness (QED) is 0.545. The zero-order valence-electron chi connectivity index (χ0n) is 13.3. The Morgan fingerprint density at radius 3 is 2.76 bits per heavy atom. The van der Waals surface area contributed by atoms with Gasteiger partial charge in [-0.2, -0.15) is 0 Å². The van der Waals surface area contributed by atoms with E-state index in [0.29, 0.717) is 28.6 Å². The lowest BCUT2D eigenvalue weighted by Crippen LogP contribution is -2.32. The first-order valence-corrected chi connectivity index (χ1v) is 8.19. The second kappa shape index (κ2) is 9.00. The van der Waals surface area contributed by atoms with Gasteiger partial charge < -0.3 is 15.1 Å². The summed E-state index contributed by atoms with van der Waals surface area (Å²) in [6, 6.07) is 8.37. The Balaban J connectivity index is 1.96. The van der Waals surface area contributed by atoms with Gasteiger partial charge in [0, 0.05) is 18.2 Å². The Kier molecular flexibility index (Phi) is 6.73. The third-order valence-corrected chi connectivity index (χ3v) is 3.53. The molecule has 0 aliphatic carbocycles. The van der Waals surface area contributed by atoms with Crippen molar-refractivity contribution in [2.75, 3.05) is 10.6 Å². The summed E-state index contributed by atoms with van der Waals surface area (Å²) in [6.07, 6.45) is 4.69. The average molecular weight is 378 g/mol. The first kappa shape index (κ1) is 18.7. The highest BCUT2D eigenvalue weighted by molar-refractivity contribution is 7.80. The molecule has 0 bridgehead atoms. The fraction of sp³-hybridized carbons (Fsp3) is 0.118. The molecule has 0 aliphatic heterocycles. The molecule has 130 valence electrons. The zero-order valence-corrected chi connectivity index (χ0v) is 14.9. The van der Waals surface area contributed by atoms with E-state index in [9.17, 15) is 9.59 Å². The number of amides is 2. The number of carbonyl (C=O) groups is 2. The molecule has 0 fully saturated rings. The molecule has 0 unspecified atom stereocenters. The molecule has 0 atom stereocenters. The van der Waals surface area contributed by atoms with E-state index in [2.05, 4.69) is 16.0 Å². The fourth-order valence-electron chi connectivity index (χ4n) is 1.80. The van der Waals surface area contributed by atoms with E-state index in [1.54, 1.807) is 37.3 Å². The lowest BCUT2D eigenvalue weighted by Gasteiger charge is -2.12. The number of hydrogen-bond donors (Lipinski definition) is 3. The number of hydrogen-bond acceptors (Lipinski definition) is 4. The minimum Gasteiger partial charge on any atom is -0.465 e. The molecular weight excluding hydrogens is 362 g/mol. The van der Waals surface area contributed by atoms with Crippen LogP contribution in [0.3, 0.4) is 0 Å². The smallest absolute Gasteiger partial charge is 0.250 e. The van der Waals surface area contributed by atoms with Crippen LogP contribution in [0.15, 0.2) is 47.1 Å². The normalized spacial score (nSPS) is 10.5. The number of anilines is 2. The van der Waals surface area contributed by atoms with Crippen LogP contribution in [0.4, 0.5) is 11.4 Å². The van der Waals surface area contributed by atoms with Crippen molar-refractivity contribution in [1.29, 1.82) is 0 Å². The van der Waals surface area contributed by atoms with Gasteiger partial charge >= 0.3 is 0 Å². The van der Waals surface area contributed by atoms with E-state index in [1.165, 1.54) is 18.4 Å². The molecular formula is C17H16ClN3O3S. The minimum absolute atomic E-state index is 0.0787. The van der Waals surface area contributed by atoms with Gasteiger partial charge in [-0.15, -0.1) is 0 Å². The number of rotatable bonds is 5. The van der Waals surface area contributed by atoms with Crippen molar-refractivity contribution in [3.8, 4) is 0 Å². The Morgan fingerprint density at radius 2 is 2.08 bits per heavy atom. The molecule has 1 aromatic heterocycles. The summed E-state index contributed by atoms with van der Waals surface area (Å²) in [5.41, 5.74) is 1.04. The van der Waals surface area contributed by atoms with Crippen LogP contribution < -0.4 is 16.0 Å². The zero-order chi connectivity index (χ0) is 18.2. The first-order valence-electron chi connectivity index (χ1n) is 7.41. The summed E-state index contributed by atoms with van der Waals surface area (Å²) in [5, 5.41) is 8.52. The topological polar surface area (TPSA) is 83.4 Å². The van der Waals surface area contributed by atoms with Gasteiger partial charge in [0.25, 0.3) is 0 Å². The molecule has 0 saturated heterocycles. The molecule has 0 aliphatic rings. The summed E-state index contributed by atoms with van der Waals surface area (Å²) in [4.78, 5) is 23.3. The van der Waals surface area contributed by atoms with Gasteiger partial charge in [-0.25, -0.2) is 0 Å². The van der Waals surface area contributed by atoms with Crippen molar-refractivity contribution >= 4 is 58.2 Å². The maximum Gasteiger partial charge on any atom is 0.250 e. The van der Waals surface area contributed by atoms with E-state index in [4.69, 9.17) is 28.2 Å². The van der Waals surface area contributed by atoms with E-state index in [0.717, 1.165) is 0 Å². The molecule has 1 heterocycles. The van der Waals surface area contributed by atoms with Crippen LogP contribution in [-0.4, -0.2) is 16.9 Å². The van der Waals surface area contributed by atoms with Crippen LogP contribution in [0, 0.1) is 0 Å². The summed E-state index contributed by atoms with van der Waals surface area (Å²) in [6.45, 7) is 1.76. The predicted octanol–water partition coefficient (Wildman–Crippen LogP) is 3.81. The SMILES string of the molecule is CCC(=O)Nc1ccc(Cl)c(NC(=S)NC(=O)/C=C/c2ccco2)c1. The van der Waals surface area contributed by atoms with Crippen molar-refractivity contribution in [3.05, 3.63) is 53.5 Å². The number of carbonyl (C=O) groups excluding carboxylic acids is 2. The summed E-state index contributed by atoms with van der Waals surface area (Å²) in [5.74, 6) is 0.0177. The largest absolute Gasteiger partial charge is 0.465 e. The molecule has 0 saturated carbocycles. The lowest BCUT2D eigenvalue weighted by atomic mass is 10.2. The molecule has 3 N–H and O–H groups in total. The Hall–Kier alpha value is -2.64. The Bertz CT molecular complexity index is 803. The molecule has 8 heteroatoms. The van der Waals surface area contributed by atoms with Crippen molar-refractivity contribution in [2.45, 2.75) is 13.3 Å². The number of thiocarbonyl (C=S) groups is 1. The van der Waals surface area contributed by atoms with Gasteiger partial charge in [0.05, 0.1) is 17.0 Å². The van der Waals surface area contributed by atoms with Crippen molar-refractivity contribution in [1.82, 2.24) is 5.32 Å². The van der Waals surface area contributed by atoms with Crippen molar-refractivity contribution in [2.24, 2.45) is 0 Å². The van der Waals surface area contributed by atoms with E-state index < -0.39 is 5.91 Å². The van der Waals surface area contributed by atoms with Crippen LogP contribution in [0.25, 0.3) is 6.08 Å². The average Bonchev–Trinajstić information content (AvgIpc) is 3.09. The Morgan fingerprint density at radius 1 is 1.28 bits per heavy atom. The molecule has 2 rings (SSSR count). The maximum atomic E-state index is 11.8. The number of halogens is 1. The van der Waals surface area contributed by atoms with Gasteiger partial charge in [0.15, 0.2) is 5.11 Å². The fourth-order valence-corrected chi connectivity index (χ4v) is 2.17. The van der Waals surface area contributed by atoms with Crippen LogP contribution >= 0.6 is 23.8 Å². The van der Waals surface area contributed by atoms with Gasteiger partial charge in [-0.05, 0) is 48.6 Å². The van der Waals surface area contributed by atoms with Gasteiger partial charge in [-0.1, -0.05) is 18.5 Å². The van der Waals surface area contributed by atoms with Crippen molar-refractivity contribution < 1.29 is 14.0 Å². The summed E-state index contributed by atoms with van der Waals surface area (Å²) in [7, 11) is 0. The minimum atomic E-state index is -0.416. The highest BCUT2D eigenvalue weighted by atomic mass is 35.5. The van der Waals surface area contributed by atoms with E-state index >= 15 is 0 Å². The molecule has 0 radical (unpaired) electrons. The predicted molar refractivity (Wildman–Crippen MR) is 102 cm³/mol. The lowest BCUT2D eigenvalue weighted by molar-refractivity contribution is -0.116. The van der Waals surface area contributed by atoms with E-state index in [1.807, 2.05) is 0 Å². The van der Waals surface area contributed by atoms with Crippen molar-refractivity contribution in [3.63, 3.8) is 0 Å². The highest BCUT2D eigenvalue weighted by Gasteiger charge is 2.07.